The maximum atomic E-state index is 14.0. The van der Waals surface area contributed by atoms with E-state index in [4.69, 9.17) is 26.8 Å². The molecule has 0 spiro atoms. The second-order valence-electron chi connectivity index (χ2n) is 4.22. The van der Waals surface area contributed by atoms with Crippen LogP contribution in [0.5, 0.6) is 11.5 Å². The fourth-order valence-corrected chi connectivity index (χ4v) is 2.06. The first-order valence-electron chi connectivity index (χ1n) is 5.61. The SMILES string of the molecule is CC(N)Cc1cc2c(c(Cl)c1F)OCCCO2. The van der Waals surface area contributed by atoms with E-state index in [2.05, 4.69) is 0 Å². The van der Waals surface area contributed by atoms with Crippen molar-refractivity contribution >= 4 is 11.6 Å². The van der Waals surface area contributed by atoms with Gasteiger partial charge >= 0.3 is 0 Å². The average molecular weight is 260 g/mol. The smallest absolute Gasteiger partial charge is 0.182 e. The number of halogens is 2. The predicted octanol–water partition coefficient (Wildman–Crippen LogP) is 2.53. The van der Waals surface area contributed by atoms with Gasteiger partial charge in [0, 0.05) is 12.5 Å². The topological polar surface area (TPSA) is 44.5 Å². The number of fused-ring (bicyclic) bond motifs is 1. The van der Waals surface area contributed by atoms with Gasteiger partial charge in [0.05, 0.1) is 13.2 Å². The third-order valence-corrected chi connectivity index (χ3v) is 2.88. The molecule has 0 bridgehead atoms. The Morgan fingerprint density at radius 2 is 2.18 bits per heavy atom. The highest BCUT2D eigenvalue weighted by Gasteiger charge is 2.21. The van der Waals surface area contributed by atoms with Gasteiger partial charge in [-0.3, -0.25) is 0 Å². The number of benzene rings is 1. The summed E-state index contributed by atoms with van der Waals surface area (Å²) < 4.78 is 24.8. The van der Waals surface area contributed by atoms with Crippen molar-refractivity contribution in [2.24, 2.45) is 5.73 Å². The molecule has 0 aliphatic carbocycles. The van der Waals surface area contributed by atoms with Crippen LogP contribution in [-0.2, 0) is 6.42 Å². The zero-order chi connectivity index (χ0) is 12.4. The van der Waals surface area contributed by atoms with Gasteiger partial charge in [0.2, 0.25) is 0 Å². The lowest BCUT2D eigenvalue weighted by molar-refractivity contribution is 0.296. The Kier molecular flexibility index (Phi) is 3.74. The van der Waals surface area contributed by atoms with E-state index in [-0.39, 0.29) is 11.1 Å². The summed E-state index contributed by atoms with van der Waals surface area (Å²) >= 11 is 5.95. The van der Waals surface area contributed by atoms with Gasteiger partial charge in [-0.05, 0) is 25.0 Å². The van der Waals surface area contributed by atoms with E-state index in [1.807, 2.05) is 6.92 Å². The maximum Gasteiger partial charge on any atom is 0.182 e. The lowest BCUT2D eigenvalue weighted by atomic mass is 10.1. The molecule has 1 heterocycles. The standard InChI is InChI=1S/C12H15ClFNO2/c1-7(15)5-8-6-9-12(10(13)11(8)14)17-4-2-3-16-9/h6-7H,2-5,15H2,1H3. The van der Waals surface area contributed by atoms with Crippen LogP contribution >= 0.6 is 11.6 Å². The van der Waals surface area contributed by atoms with Gasteiger partial charge in [0.1, 0.15) is 10.8 Å². The molecule has 0 saturated carbocycles. The minimum atomic E-state index is -0.465. The van der Waals surface area contributed by atoms with E-state index in [0.29, 0.717) is 36.7 Å². The van der Waals surface area contributed by atoms with E-state index in [0.717, 1.165) is 6.42 Å². The minimum Gasteiger partial charge on any atom is -0.489 e. The second-order valence-corrected chi connectivity index (χ2v) is 4.60. The molecule has 1 unspecified atom stereocenters. The monoisotopic (exact) mass is 259 g/mol. The van der Waals surface area contributed by atoms with Gasteiger partial charge in [-0.25, -0.2) is 4.39 Å². The molecular weight excluding hydrogens is 245 g/mol. The molecule has 2 rings (SSSR count). The van der Waals surface area contributed by atoms with E-state index in [1.54, 1.807) is 6.07 Å². The third kappa shape index (κ3) is 2.64. The first-order chi connectivity index (χ1) is 8.09. The van der Waals surface area contributed by atoms with E-state index < -0.39 is 5.82 Å². The van der Waals surface area contributed by atoms with Crippen molar-refractivity contribution in [1.82, 2.24) is 0 Å². The molecule has 1 aliphatic rings. The first kappa shape index (κ1) is 12.5. The van der Waals surface area contributed by atoms with E-state index >= 15 is 0 Å². The Morgan fingerprint density at radius 3 is 2.88 bits per heavy atom. The fourth-order valence-electron chi connectivity index (χ4n) is 1.79. The van der Waals surface area contributed by atoms with Crippen molar-refractivity contribution in [2.45, 2.75) is 25.8 Å². The number of ether oxygens (including phenoxy) is 2. The number of nitrogens with two attached hydrogens (primary N) is 1. The number of hydrogen-bond donors (Lipinski definition) is 1. The lowest BCUT2D eigenvalue weighted by Gasteiger charge is -2.14. The van der Waals surface area contributed by atoms with E-state index in [9.17, 15) is 4.39 Å². The summed E-state index contributed by atoms with van der Waals surface area (Å²) in [4.78, 5) is 0. The molecule has 17 heavy (non-hydrogen) atoms. The van der Waals surface area contributed by atoms with Crippen LogP contribution in [0.2, 0.25) is 5.02 Å². The molecule has 1 aromatic carbocycles. The fraction of sp³-hybridized carbons (Fsp3) is 0.500. The van der Waals surface area contributed by atoms with Gasteiger partial charge in [-0.2, -0.15) is 0 Å². The molecular formula is C12H15ClFNO2. The molecule has 0 radical (unpaired) electrons. The Hall–Kier alpha value is -1.00. The van der Waals surface area contributed by atoms with Crippen LogP contribution in [0.25, 0.3) is 0 Å². The second kappa shape index (κ2) is 5.10. The van der Waals surface area contributed by atoms with Crippen molar-refractivity contribution in [2.75, 3.05) is 13.2 Å². The number of hydrogen-bond acceptors (Lipinski definition) is 3. The Labute approximate surface area is 105 Å². The highest BCUT2D eigenvalue weighted by Crippen LogP contribution is 2.40. The molecule has 0 aromatic heterocycles. The maximum absolute atomic E-state index is 14.0. The highest BCUT2D eigenvalue weighted by atomic mass is 35.5. The lowest BCUT2D eigenvalue weighted by Crippen LogP contribution is -2.18. The van der Waals surface area contributed by atoms with Gasteiger partial charge in [-0.1, -0.05) is 11.6 Å². The Balaban J connectivity index is 2.43. The molecule has 2 N–H and O–H groups in total. The summed E-state index contributed by atoms with van der Waals surface area (Å²) in [6, 6.07) is 1.50. The van der Waals surface area contributed by atoms with Crippen LogP contribution in [-0.4, -0.2) is 19.3 Å². The third-order valence-electron chi connectivity index (χ3n) is 2.54. The summed E-state index contributed by atoms with van der Waals surface area (Å²) in [6.45, 7) is 2.85. The average Bonchev–Trinajstić information content (AvgIpc) is 2.50. The van der Waals surface area contributed by atoms with Crippen LogP contribution in [0.3, 0.4) is 0 Å². The van der Waals surface area contributed by atoms with Gasteiger partial charge < -0.3 is 15.2 Å². The quantitative estimate of drug-likeness (QED) is 0.888. The largest absolute Gasteiger partial charge is 0.489 e. The summed E-state index contributed by atoms with van der Waals surface area (Å²) in [5, 5.41) is -0.0138. The highest BCUT2D eigenvalue weighted by molar-refractivity contribution is 6.32. The van der Waals surface area contributed by atoms with Crippen LogP contribution in [0, 0.1) is 5.82 Å². The number of rotatable bonds is 2. The normalized spacial score (nSPS) is 16.5. The Morgan fingerprint density at radius 1 is 1.47 bits per heavy atom. The molecule has 1 atom stereocenters. The molecule has 0 fully saturated rings. The molecule has 0 saturated heterocycles. The zero-order valence-corrected chi connectivity index (χ0v) is 10.4. The molecule has 1 aromatic rings. The zero-order valence-electron chi connectivity index (χ0n) is 9.63. The predicted molar refractivity (Wildman–Crippen MR) is 64.4 cm³/mol. The summed E-state index contributed by atoms with van der Waals surface area (Å²) in [5.41, 5.74) is 6.14. The van der Waals surface area contributed by atoms with Crippen molar-refractivity contribution in [3.05, 3.63) is 22.5 Å². The van der Waals surface area contributed by atoms with Crippen LogP contribution < -0.4 is 15.2 Å². The van der Waals surface area contributed by atoms with Crippen molar-refractivity contribution in [3.8, 4) is 11.5 Å². The van der Waals surface area contributed by atoms with Crippen molar-refractivity contribution in [3.63, 3.8) is 0 Å². The summed E-state index contributed by atoms with van der Waals surface area (Å²) in [5.74, 6) is 0.341. The van der Waals surface area contributed by atoms with Gasteiger partial charge in [0.25, 0.3) is 0 Å². The Bertz CT molecular complexity index is 423. The van der Waals surface area contributed by atoms with Crippen LogP contribution in [0.15, 0.2) is 6.07 Å². The molecule has 5 heteroatoms. The molecule has 1 aliphatic heterocycles. The minimum absolute atomic E-state index is 0.0138. The van der Waals surface area contributed by atoms with Crippen LogP contribution in [0.4, 0.5) is 4.39 Å². The molecule has 0 amide bonds. The summed E-state index contributed by atoms with van der Waals surface area (Å²) in [7, 11) is 0. The molecule has 3 nitrogen and oxygen atoms in total. The van der Waals surface area contributed by atoms with Crippen molar-refractivity contribution < 1.29 is 13.9 Å². The van der Waals surface area contributed by atoms with E-state index in [1.165, 1.54) is 0 Å². The molecule has 94 valence electrons. The van der Waals surface area contributed by atoms with Gasteiger partial charge in [0.15, 0.2) is 11.5 Å². The summed E-state index contributed by atoms with van der Waals surface area (Å²) in [6.07, 6.45) is 1.18. The van der Waals surface area contributed by atoms with Crippen molar-refractivity contribution in [1.29, 1.82) is 0 Å². The van der Waals surface area contributed by atoms with Crippen LogP contribution in [0.1, 0.15) is 18.9 Å². The first-order valence-corrected chi connectivity index (χ1v) is 5.99. The van der Waals surface area contributed by atoms with Gasteiger partial charge in [-0.15, -0.1) is 0 Å².